The molecule has 1 heterocycles. The molecule has 1 heteroatoms. The van der Waals surface area contributed by atoms with Gasteiger partial charge in [0, 0.05) is 11.7 Å². The predicted molar refractivity (Wildman–Crippen MR) is 190 cm³/mol. The van der Waals surface area contributed by atoms with Gasteiger partial charge in [-0.15, -0.1) is 0 Å². The second-order valence-electron chi connectivity index (χ2n) is 13.9. The fourth-order valence-corrected chi connectivity index (χ4v) is 6.69. The fourth-order valence-electron chi connectivity index (χ4n) is 6.69. The molecule has 0 aliphatic rings. The van der Waals surface area contributed by atoms with Gasteiger partial charge in [0.2, 0.25) is 0 Å². The van der Waals surface area contributed by atoms with E-state index in [-0.39, 0.29) is 11.0 Å². The summed E-state index contributed by atoms with van der Waals surface area (Å²) in [6.07, 6.45) is 20.6. The normalized spacial score (nSPS) is 12.5. The predicted octanol–water partition coefficient (Wildman–Crippen LogP) is 12.2. The van der Waals surface area contributed by atoms with Gasteiger partial charge in [-0.3, -0.25) is 0 Å². The first-order chi connectivity index (χ1) is 20.7. The number of unbranched alkanes of at least 4 members (excludes halogenated alkanes) is 6. The molecule has 0 amide bonds. The van der Waals surface area contributed by atoms with Crippen LogP contribution in [0.25, 0.3) is 17.0 Å². The molecule has 1 aromatic heterocycles. The fraction of sp³-hybridized carbons (Fsp3) is 0.476. The van der Waals surface area contributed by atoms with Gasteiger partial charge in [0.05, 0.1) is 5.54 Å². The van der Waals surface area contributed by atoms with Gasteiger partial charge in [-0.25, -0.2) is 0 Å². The molecule has 0 saturated heterocycles. The molecule has 0 bridgehead atoms. The Kier molecular flexibility index (Phi) is 11.5. The summed E-state index contributed by atoms with van der Waals surface area (Å²) in [4.78, 5) is 0. The molecular formula is C42H57N. The minimum Gasteiger partial charge on any atom is -0.338 e. The van der Waals surface area contributed by atoms with E-state index in [0.29, 0.717) is 0 Å². The lowest BCUT2D eigenvalue weighted by molar-refractivity contribution is 0.450. The maximum atomic E-state index is 2.45. The summed E-state index contributed by atoms with van der Waals surface area (Å²) in [6.45, 7) is 16.2. The molecule has 0 N–H and O–H groups in total. The molecule has 43 heavy (non-hydrogen) atoms. The van der Waals surface area contributed by atoms with Gasteiger partial charge in [0.1, 0.15) is 0 Å². The molecule has 0 aliphatic carbocycles. The zero-order valence-electron chi connectivity index (χ0n) is 28.3. The van der Waals surface area contributed by atoms with Crippen LogP contribution in [0.4, 0.5) is 0 Å². The number of aromatic nitrogens is 1. The van der Waals surface area contributed by atoms with E-state index in [1.54, 1.807) is 0 Å². The molecule has 0 saturated carbocycles. The highest BCUT2D eigenvalue weighted by atomic mass is 15.0. The quantitative estimate of drug-likeness (QED) is 0.117. The average molecular weight is 576 g/mol. The highest BCUT2D eigenvalue weighted by Gasteiger charge is 2.27. The van der Waals surface area contributed by atoms with E-state index < -0.39 is 0 Å². The van der Waals surface area contributed by atoms with Crippen molar-refractivity contribution in [2.75, 3.05) is 0 Å². The van der Waals surface area contributed by atoms with Gasteiger partial charge in [0.15, 0.2) is 0 Å². The first kappa shape index (κ1) is 32.8. The summed E-state index contributed by atoms with van der Waals surface area (Å²) >= 11 is 0. The summed E-state index contributed by atoms with van der Waals surface area (Å²) < 4.78 is 2.45. The van der Waals surface area contributed by atoms with E-state index in [4.69, 9.17) is 0 Å². The molecule has 230 valence electrons. The minimum absolute atomic E-state index is 0.0370. The second-order valence-corrected chi connectivity index (χ2v) is 13.9. The smallest absolute Gasteiger partial charge is 0.0640 e. The van der Waals surface area contributed by atoms with E-state index in [1.807, 2.05) is 0 Å². The van der Waals surface area contributed by atoms with E-state index in [9.17, 15) is 0 Å². The second kappa shape index (κ2) is 15.1. The SMILES string of the molecule is C/C=C\c1cc(CCCCCC)ccc1CC(C)(C)c1ccc(C(C)(C)n2ccc3cc(CCCCCC)ccc32)cc1. The highest BCUT2D eigenvalue weighted by molar-refractivity contribution is 5.81. The number of fused-ring (bicyclic) bond motifs is 1. The lowest BCUT2D eigenvalue weighted by Crippen LogP contribution is -2.27. The van der Waals surface area contributed by atoms with Crippen molar-refractivity contribution in [2.45, 2.75) is 130 Å². The maximum absolute atomic E-state index is 2.45. The summed E-state index contributed by atoms with van der Waals surface area (Å²) in [5.41, 5.74) is 9.70. The number of hydrogen-bond acceptors (Lipinski definition) is 0. The monoisotopic (exact) mass is 575 g/mol. The van der Waals surface area contributed by atoms with Gasteiger partial charge >= 0.3 is 0 Å². The molecule has 4 rings (SSSR count). The van der Waals surface area contributed by atoms with Crippen LogP contribution in [0.15, 0.2) is 79.0 Å². The Hall–Kier alpha value is -3.06. The van der Waals surface area contributed by atoms with E-state index in [1.165, 1.54) is 108 Å². The molecule has 0 spiro atoms. The third-order valence-corrected chi connectivity index (χ3v) is 9.56. The van der Waals surface area contributed by atoms with Gasteiger partial charge in [-0.2, -0.15) is 0 Å². The Bertz CT molecular complexity index is 1460. The lowest BCUT2D eigenvalue weighted by Gasteiger charge is -2.31. The third kappa shape index (κ3) is 8.31. The molecular weight excluding hydrogens is 518 g/mol. The Labute approximate surface area is 263 Å². The molecule has 0 radical (unpaired) electrons. The number of nitrogens with zero attached hydrogens (tertiary/aromatic N) is 1. The summed E-state index contributed by atoms with van der Waals surface area (Å²) in [7, 11) is 0. The number of rotatable bonds is 16. The van der Waals surface area contributed by atoms with E-state index in [0.717, 1.165) is 6.42 Å². The zero-order valence-corrected chi connectivity index (χ0v) is 28.3. The van der Waals surface area contributed by atoms with Crippen molar-refractivity contribution in [2.24, 2.45) is 0 Å². The van der Waals surface area contributed by atoms with Crippen molar-refractivity contribution in [3.05, 3.63) is 112 Å². The third-order valence-electron chi connectivity index (χ3n) is 9.56. The van der Waals surface area contributed by atoms with Crippen LogP contribution in [-0.4, -0.2) is 4.57 Å². The summed E-state index contributed by atoms with van der Waals surface area (Å²) in [5.74, 6) is 0. The van der Waals surface area contributed by atoms with Crippen LogP contribution in [0.2, 0.25) is 0 Å². The van der Waals surface area contributed by atoms with Gasteiger partial charge < -0.3 is 4.57 Å². The molecule has 0 fully saturated rings. The Morgan fingerprint density at radius 1 is 0.651 bits per heavy atom. The highest BCUT2D eigenvalue weighted by Crippen LogP contribution is 2.35. The topological polar surface area (TPSA) is 4.93 Å². The Morgan fingerprint density at radius 3 is 1.88 bits per heavy atom. The van der Waals surface area contributed by atoms with E-state index in [2.05, 4.69) is 138 Å². The number of allylic oxidation sites excluding steroid dienone is 1. The molecule has 4 aromatic rings. The first-order valence-corrected chi connectivity index (χ1v) is 17.2. The van der Waals surface area contributed by atoms with Crippen molar-refractivity contribution in [1.29, 1.82) is 0 Å². The van der Waals surface area contributed by atoms with Crippen molar-refractivity contribution >= 4 is 17.0 Å². The lowest BCUT2D eigenvalue weighted by atomic mass is 9.77. The minimum atomic E-state index is -0.140. The van der Waals surface area contributed by atoms with Crippen LogP contribution >= 0.6 is 0 Å². The van der Waals surface area contributed by atoms with Gasteiger partial charge in [-0.05, 0) is 115 Å². The Balaban J connectivity index is 1.49. The van der Waals surface area contributed by atoms with Crippen LogP contribution < -0.4 is 0 Å². The summed E-state index contributed by atoms with van der Waals surface area (Å²) in [5, 5.41) is 1.35. The zero-order chi connectivity index (χ0) is 30.9. The Morgan fingerprint density at radius 2 is 1.26 bits per heavy atom. The van der Waals surface area contributed by atoms with Crippen molar-refractivity contribution in [3.8, 4) is 0 Å². The average Bonchev–Trinajstić information content (AvgIpc) is 3.43. The first-order valence-electron chi connectivity index (χ1n) is 17.2. The van der Waals surface area contributed by atoms with E-state index >= 15 is 0 Å². The maximum Gasteiger partial charge on any atom is 0.0640 e. The van der Waals surface area contributed by atoms with Crippen molar-refractivity contribution < 1.29 is 0 Å². The number of hydrogen-bond donors (Lipinski definition) is 0. The van der Waals surface area contributed by atoms with Gasteiger partial charge in [0.25, 0.3) is 0 Å². The van der Waals surface area contributed by atoms with Crippen molar-refractivity contribution in [3.63, 3.8) is 0 Å². The van der Waals surface area contributed by atoms with Crippen LogP contribution in [0.3, 0.4) is 0 Å². The standard InChI is InChI=1S/C42H57N/c1-8-11-13-15-18-33-20-22-37(35(30-33)17-10-3)32-41(4,5)38-23-25-39(26-24-38)42(6,7)43-29-28-36-31-34(21-27-40(36)43)19-16-14-12-9-2/h10,17,20-31H,8-9,11-16,18-19,32H2,1-7H3/b17-10-. The largest absolute Gasteiger partial charge is 0.338 e. The van der Waals surface area contributed by atoms with Crippen molar-refractivity contribution in [1.82, 2.24) is 4.57 Å². The molecule has 1 nitrogen and oxygen atoms in total. The summed E-state index contributed by atoms with van der Waals surface area (Å²) in [6, 6.07) is 26.0. The molecule has 3 aromatic carbocycles. The van der Waals surface area contributed by atoms with Crippen LogP contribution in [0.1, 0.15) is 133 Å². The number of aryl methyl sites for hydroxylation is 2. The molecule has 0 unspecified atom stereocenters. The van der Waals surface area contributed by atoms with Crippen LogP contribution in [0.5, 0.6) is 0 Å². The number of benzene rings is 3. The molecule has 0 aliphatic heterocycles. The molecule has 0 atom stereocenters. The van der Waals surface area contributed by atoms with Gasteiger partial charge in [-0.1, -0.05) is 127 Å². The van der Waals surface area contributed by atoms with Crippen LogP contribution in [-0.2, 0) is 30.2 Å². The van der Waals surface area contributed by atoms with Crippen LogP contribution in [0, 0.1) is 0 Å².